The van der Waals surface area contributed by atoms with Gasteiger partial charge in [-0.2, -0.15) is 0 Å². The number of nitrogens with one attached hydrogen (secondary N) is 1. The average Bonchev–Trinajstić information content (AvgIpc) is 2.81. The Morgan fingerprint density at radius 3 is 2.81 bits per heavy atom. The fraction of sp³-hybridized carbons (Fsp3) is 0.100. The summed E-state index contributed by atoms with van der Waals surface area (Å²) in [6.45, 7) is 1.91. The minimum atomic E-state index is -0.123. The zero-order valence-corrected chi connectivity index (χ0v) is 14.8. The highest BCUT2D eigenvalue weighted by molar-refractivity contribution is 6.32. The minimum absolute atomic E-state index is 0.123. The lowest BCUT2D eigenvalue weighted by atomic mass is 10.1. The summed E-state index contributed by atoms with van der Waals surface area (Å²) in [4.78, 5) is 25.6. The first kappa shape index (κ1) is 16.4. The van der Waals surface area contributed by atoms with E-state index in [2.05, 4.69) is 15.3 Å². The maximum atomic E-state index is 12.3. The molecule has 0 bridgehead atoms. The Morgan fingerprint density at radius 1 is 1.12 bits per heavy atom. The number of nitrogens with zero attached hydrogens (tertiary/aromatic N) is 3. The zero-order valence-electron chi connectivity index (χ0n) is 14.0. The van der Waals surface area contributed by atoms with E-state index in [1.807, 2.05) is 37.3 Å². The number of carbonyl (C=O) groups is 1. The van der Waals surface area contributed by atoms with Crippen LogP contribution < -0.4 is 5.32 Å². The van der Waals surface area contributed by atoms with Gasteiger partial charge in [0.25, 0.3) is 0 Å². The number of hydrogen-bond donors (Lipinski definition) is 1. The number of anilines is 1. The second-order valence-corrected chi connectivity index (χ2v) is 6.48. The van der Waals surface area contributed by atoms with Gasteiger partial charge in [0.15, 0.2) is 0 Å². The molecule has 1 aromatic carbocycles. The van der Waals surface area contributed by atoms with Crippen molar-refractivity contribution in [3.05, 3.63) is 71.1 Å². The molecule has 0 unspecified atom stereocenters. The number of halogens is 1. The molecule has 6 heteroatoms. The number of carbonyl (C=O) groups excluding carboxylic acids is 1. The Morgan fingerprint density at radius 2 is 2.00 bits per heavy atom. The summed E-state index contributed by atoms with van der Waals surface area (Å²) in [7, 11) is 0. The van der Waals surface area contributed by atoms with Crippen LogP contribution >= 0.6 is 11.6 Å². The first-order valence-corrected chi connectivity index (χ1v) is 8.52. The summed E-state index contributed by atoms with van der Waals surface area (Å²) in [5.41, 5.74) is 5.49. The molecule has 1 N–H and O–H groups in total. The Labute approximate surface area is 155 Å². The van der Waals surface area contributed by atoms with E-state index < -0.39 is 0 Å². The van der Waals surface area contributed by atoms with Crippen molar-refractivity contribution in [3.63, 3.8) is 0 Å². The number of aliphatic imine (C=N–C) groups is 1. The predicted octanol–water partition coefficient (Wildman–Crippen LogP) is 4.57. The highest BCUT2D eigenvalue weighted by atomic mass is 35.5. The van der Waals surface area contributed by atoms with Gasteiger partial charge in [0.1, 0.15) is 0 Å². The van der Waals surface area contributed by atoms with Crippen LogP contribution in [0, 0.1) is 6.92 Å². The molecule has 0 spiro atoms. The molecule has 1 aliphatic heterocycles. The Balaban J connectivity index is 1.80. The van der Waals surface area contributed by atoms with Crippen LogP contribution in [0.5, 0.6) is 0 Å². The van der Waals surface area contributed by atoms with Crippen molar-refractivity contribution in [2.45, 2.75) is 13.3 Å². The molecule has 2 aromatic heterocycles. The molecule has 0 radical (unpaired) electrons. The van der Waals surface area contributed by atoms with E-state index in [4.69, 9.17) is 16.6 Å². The summed E-state index contributed by atoms with van der Waals surface area (Å²) in [6, 6.07) is 11.2. The number of pyridine rings is 2. The fourth-order valence-corrected chi connectivity index (χ4v) is 3.00. The number of amides is 1. The van der Waals surface area contributed by atoms with Crippen LogP contribution in [0.2, 0.25) is 5.02 Å². The van der Waals surface area contributed by atoms with E-state index >= 15 is 0 Å². The molecule has 0 saturated carbocycles. The first-order chi connectivity index (χ1) is 12.6. The quantitative estimate of drug-likeness (QED) is 0.726. The van der Waals surface area contributed by atoms with Crippen LogP contribution in [0.25, 0.3) is 11.3 Å². The molecule has 3 aromatic rings. The summed E-state index contributed by atoms with van der Waals surface area (Å²) >= 11 is 6.17. The van der Waals surface area contributed by atoms with Crippen molar-refractivity contribution in [1.82, 2.24) is 9.97 Å². The lowest BCUT2D eigenvalue weighted by molar-refractivity contribution is -0.115. The average molecular weight is 363 g/mol. The van der Waals surface area contributed by atoms with Crippen molar-refractivity contribution in [2.75, 3.05) is 5.32 Å². The van der Waals surface area contributed by atoms with Crippen molar-refractivity contribution < 1.29 is 4.79 Å². The molecular formula is C20H15ClN4O. The van der Waals surface area contributed by atoms with Crippen LogP contribution in [-0.2, 0) is 4.79 Å². The molecule has 3 heterocycles. The van der Waals surface area contributed by atoms with Crippen molar-refractivity contribution >= 4 is 34.6 Å². The molecule has 5 nitrogen and oxygen atoms in total. The third-order valence-electron chi connectivity index (χ3n) is 4.18. The van der Waals surface area contributed by atoms with Crippen molar-refractivity contribution in [3.8, 4) is 11.3 Å². The summed E-state index contributed by atoms with van der Waals surface area (Å²) in [6.07, 6.45) is 5.38. The molecule has 1 aliphatic rings. The van der Waals surface area contributed by atoms with Gasteiger partial charge in [-0.05, 0) is 48.9 Å². The van der Waals surface area contributed by atoms with Gasteiger partial charge in [-0.15, -0.1) is 0 Å². The minimum Gasteiger partial charge on any atom is -0.324 e. The standard InChI is InChI=1S/C20H15ClN4O/c1-12-7-18-19(9-15(12)21)25-20(26)10-17(24-18)13-4-6-23-16(8-13)14-3-2-5-22-11-14/h2-9,11H,10H2,1H3,(H,25,26). The lowest BCUT2D eigenvalue weighted by Crippen LogP contribution is -2.15. The smallest absolute Gasteiger partial charge is 0.230 e. The first-order valence-electron chi connectivity index (χ1n) is 8.14. The fourth-order valence-electron chi connectivity index (χ4n) is 2.84. The second kappa shape index (κ2) is 6.69. The zero-order chi connectivity index (χ0) is 18.1. The van der Waals surface area contributed by atoms with Crippen LogP contribution in [0.4, 0.5) is 11.4 Å². The highest BCUT2D eigenvalue weighted by Gasteiger charge is 2.18. The van der Waals surface area contributed by atoms with Crippen LogP contribution in [0.3, 0.4) is 0 Å². The molecule has 0 fully saturated rings. The topological polar surface area (TPSA) is 67.2 Å². The van der Waals surface area contributed by atoms with E-state index in [-0.39, 0.29) is 12.3 Å². The molecule has 26 heavy (non-hydrogen) atoms. The molecule has 128 valence electrons. The Hall–Kier alpha value is -3.05. The molecule has 4 rings (SSSR count). The largest absolute Gasteiger partial charge is 0.324 e. The summed E-state index contributed by atoms with van der Waals surface area (Å²) < 4.78 is 0. The van der Waals surface area contributed by atoms with Gasteiger partial charge in [0.2, 0.25) is 5.91 Å². The van der Waals surface area contributed by atoms with Gasteiger partial charge in [-0.25, -0.2) is 0 Å². The molecule has 1 amide bonds. The number of hydrogen-bond acceptors (Lipinski definition) is 4. The van der Waals surface area contributed by atoms with Crippen molar-refractivity contribution in [1.29, 1.82) is 0 Å². The summed E-state index contributed by atoms with van der Waals surface area (Å²) in [5, 5.41) is 3.48. The van der Waals surface area contributed by atoms with Crippen molar-refractivity contribution in [2.24, 2.45) is 4.99 Å². The third kappa shape index (κ3) is 3.21. The highest BCUT2D eigenvalue weighted by Crippen LogP contribution is 2.34. The maximum Gasteiger partial charge on any atom is 0.230 e. The normalized spacial score (nSPS) is 13.5. The number of benzene rings is 1. The van der Waals surface area contributed by atoms with Crippen LogP contribution in [0.1, 0.15) is 17.5 Å². The van der Waals surface area contributed by atoms with E-state index in [1.54, 1.807) is 24.7 Å². The van der Waals surface area contributed by atoms with Gasteiger partial charge in [0.05, 0.1) is 29.2 Å². The second-order valence-electron chi connectivity index (χ2n) is 6.07. The van der Waals surface area contributed by atoms with E-state index in [1.165, 1.54) is 0 Å². The number of aromatic nitrogens is 2. The van der Waals surface area contributed by atoms with E-state index in [0.29, 0.717) is 22.1 Å². The van der Waals surface area contributed by atoms with Gasteiger partial charge in [-0.3, -0.25) is 19.8 Å². The SMILES string of the molecule is Cc1cc2c(cc1Cl)NC(=O)CC(c1ccnc(-c3cccnc3)c1)=N2. The number of aryl methyl sites for hydroxylation is 1. The maximum absolute atomic E-state index is 12.3. The summed E-state index contributed by atoms with van der Waals surface area (Å²) in [5.74, 6) is -0.123. The third-order valence-corrected chi connectivity index (χ3v) is 4.59. The Kier molecular flexibility index (Phi) is 4.22. The Bertz CT molecular complexity index is 1030. The number of fused-ring (bicyclic) bond motifs is 1. The van der Waals surface area contributed by atoms with Crippen LogP contribution in [0.15, 0.2) is 60.0 Å². The number of rotatable bonds is 2. The van der Waals surface area contributed by atoms with Gasteiger partial charge < -0.3 is 5.32 Å². The van der Waals surface area contributed by atoms with E-state index in [9.17, 15) is 4.79 Å². The predicted molar refractivity (Wildman–Crippen MR) is 103 cm³/mol. The lowest BCUT2D eigenvalue weighted by Gasteiger charge is -2.07. The van der Waals surface area contributed by atoms with Gasteiger partial charge in [-0.1, -0.05) is 11.6 Å². The van der Waals surface area contributed by atoms with Gasteiger partial charge in [0, 0.05) is 34.7 Å². The molecular weight excluding hydrogens is 348 g/mol. The monoisotopic (exact) mass is 362 g/mol. The molecule has 0 aliphatic carbocycles. The molecule has 0 atom stereocenters. The molecule has 0 saturated heterocycles. The van der Waals surface area contributed by atoms with Crippen LogP contribution in [-0.4, -0.2) is 21.6 Å². The van der Waals surface area contributed by atoms with Gasteiger partial charge >= 0.3 is 0 Å². The van der Waals surface area contributed by atoms with E-state index in [0.717, 1.165) is 22.4 Å².